The minimum absolute atomic E-state index is 0.281. The second kappa shape index (κ2) is 13.3. The number of para-hydroxylation sites is 1. The van der Waals surface area contributed by atoms with Gasteiger partial charge in [0.1, 0.15) is 17.3 Å². The fourth-order valence-corrected chi connectivity index (χ4v) is 6.32. The van der Waals surface area contributed by atoms with Crippen molar-refractivity contribution in [3.05, 3.63) is 139 Å². The molecule has 6 rings (SSSR count). The SMILES string of the molecule is CCOC(=O)c1cccc(-c2ccc(/C=c3\sc4n(c3=O)[C@H](c3ccc(OCC)cc3)C(C(=O)Nc3ccccc3)=C(C)N=4)o2)c1. The monoisotopic (exact) mass is 633 g/mol. The Morgan fingerprint density at radius 1 is 0.978 bits per heavy atom. The van der Waals surface area contributed by atoms with Crippen LogP contribution in [0.1, 0.15) is 48.5 Å². The van der Waals surface area contributed by atoms with Crippen LogP contribution in [0.3, 0.4) is 0 Å². The smallest absolute Gasteiger partial charge is 0.338 e. The van der Waals surface area contributed by atoms with E-state index in [0.717, 1.165) is 5.56 Å². The number of amides is 1. The quantitative estimate of drug-likeness (QED) is 0.208. The fraction of sp³-hybridized carbons (Fsp3) is 0.167. The lowest BCUT2D eigenvalue weighted by atomic mass is 9.95. The third kappa shape index (κ3) is 6.20. The number of carbonyl (C=O) groups is 2. The molecular weight excluding hydrogens is 602 g/mol. The Morgan fingerprint density at radius 2 is 1.76 bits per heavy atom. The van der Waals surface area contributed by atoms with Crippen LogP contribution >= 0.6 is 11.3 Å². The molecule has 0 saturated heterocycles. The van der Waals surface area contributed by atoms with E-state index in [4.69, 9.17) is 18.9 Å². The minimum atomic E-state index is -0.726. The van der Waals surface area contributed by atoms with E-state index in [1.807, 2.05) is 55.5 Å². The van der Waals surface area contributed by atoms with E-state index in [0.29, 0.717) is 61.3 Å². The van der Waals surface area contributed by atoms with Gasteiger partial charge in [0.25, 0.3) is 11.5 Å². The Balaban J connectivity index is 1.40. The summed E-state index contributed by atoms with van der Waals surface area (Å²) in [6.07, 6.45) is 1.67. The maximum Gasteiger partial charge on any atom is 0.338 e. The van der Waals surface area contributed by atoms with Gasteiger partial charge in [-0.1, -0.05) is 53.8 Å². The van der Waals surface area contributed by atoms with Crippen molar-refractivity contribution >= 4 is 35.0 Å². The summed E-state index contributed by atoms with van der Waals surface area (Å²) in [5, 5.41) is 2.96. The van der Waals surface area contributed by atoms with E-state index in [1.54, 1.807) is 67.0 Å². The van der Waals surface area contributed by atoms with Crippen molar-refractivity contribution in [2.75, 3.05) is 18.5 Å². The Hall–Kier alpha value is -5.48. The van der Waals surface area contributed by atoms with Crippen molar-refractivity contribution in [1.82, 2.24) is 4.57 Å². The van der Waals surface area contributed by atoms with Crippen molar-refractivity contribution in [2.45, 2.75) is 26.8 Å². The van der Waals surface area contributed by atoms with Gasteiger partial charge >= 0.3 is 5.97 Å². The second-order valence-electron chi connectivity index (χ2n) is 10.4. The molecule has 3 heterocycles. The summed E-state index contributed by atoms with van der Waals surface area (Å²) in [7, 11) is 0. The van der Waals surface area contributed by atoms with E-state index in [1.165, 1.54) is 11.3 Å². The lowest BCUT2D eigenvalue weighted by Gasteiger charge is -2.25. The third-order valence-electron chi connectivity index (χ3n) is 7.36. The number of carbonyl (C=O) groups excluding carboxylic acids is 2. The normalized spacial score (nSPS) is 14.4. The first-order valence-corrected chi connectivity index (χ1v) is 15.7. The zero-order valence-electron chi connectivity index (χ0n) is 25.5. The molecule has 1 aliphatic rings. The van der Waals surface area contributed by atoms with Gasteiger partial charge in [0.05, 0.1) is 40.6 Å². The molecule has 0 spiro atoms. The van der Waals surface area contributed by atoms with Gasteiger partial charge in [-0.25, -0.2) is 9.79 Å². The molecule has 2 aromatic heterocycles. The lowest BCUT2D eigenvalue weighted by Crippen LogP contribution is -2.40. The summed E-state index contributed by atoms with van der Waals surface area (Å²) >= 11 is 1.22. The summed E-state index contributed by atoms with van der Waals surface area (Å²) in [6.45, 7) is 6.24. The summed E-state index contributed by atoms with van der Waals surface area (Å²) in [4.78, 5) is 45.3. The Morgan fingerprint density at radius 3 is 2.50 bits per heavy atom. The highest BCUT2D eigenvalue weighted by molar-refractivity contribution is 7.07. The van der Waals surface area contributed by atoms with Crippen LogP contribution in [0.4, 0.5) is 5.69 Å². The van der Waals surface area contributed by atoms with Gasteiger partial charge in [-0.3, -0.25) is 14.2 Å². The van der Waals surface area contributed by atoms with Crippen molar-refractivity contribution in [1.29, 1.82) is 0 Å². The van der Waals surface area contributed by atoms with Gasteiger partial charge < -0.3 is 19.2 Å². The fourth-order valence-electron chi connectivity index (χ4n) is 5.29. The predicted molar refractivity (Wildman–Crippen MR) is 177 cm³/mol. The molecule has 46 heavy (non-hydrogen) atoms. The zero-order chi connectivity index (χ0) is 32.2. The number of fused-ring (bicyclic) bond motifs is 1. The highest BCUT2D eigenvalue weighted by Crippen LogP contribution is 2.32. The van der Waals surface area contributed by atoms with Crippen LogP contribution in [-0.4, -0.2) is 29.7 Å². The molecule has 1 aliphatic heterocycles. The number of hydrogen-bond acceptors (Lipinski definition) is 8. The number of esters is 1. The molecule has 1 amide bonds. The largest absolute Gasteiger partial charge is 0.494 e. The number of allylic oxidation sites excluding steroid dienone is 1. The molecule has 10 heteroatoms. The first-order valence-electron chi connectivity index (χ1n) is 14.9. The number of nitrogens with zero attached hydrogens (tertiary/aromatic N) is 2. The zero-order valence-corrected chi connectivity index (χ0v) is 26.3. The molecule has 1 N–H and O–H groups in total. The highest BCUT2D eigenvalue weighted by atomic mass is 32.1. The molecule has 0 bridgehead atoms. The van der Waals surface area contributed by atoms with Gasteiger partial charge in [0, 0.05) is 17.3 Å². The second-order valence-corrected chi connectivity index (χ2v) is 11.4. The van der Waals surface area contributed by atoms with Crippen LogP contribution in [0, 0.1) is 0 Å². The van der Waals surface area contributed by atoms with Crippen LogP contribution in [-0.2, 0) is 9.53 Å². The molecule has 0 aliphatic carbocycles. The average molecular weight is 634 g/mol. The van der Waals surface area contributed by atoms with Crippen molar-refractivity contribution < 1.29 is 23.5 Å². The minimum Gasteiger partial charge on any atom is -0.494 e. The van der Waals surface area contributed by atoms with Gasteiger partial charge in [0.2, 0.25) is 0 Å². The Labute approximate surface area is 268 Å². The number of benzene rings is 3. The van der Waals surface area contributed by atoms with Crippen LogP contribution in [0.15, 0.2) is 116 Å². The Kier molecular flexibility index (Phi) is 8.80. The molecule has 3 aromatic carbocycles. The van der Waals surface area contributed by atoms with Crippen molar-refractivity contribution in [3.8, 4) is 17.1 Å². The summed E-state index contributed by atoms with van der Waals surface area (Å²) in [5.74, 6) is 0.925. The number of rotatable bonds is 9. The molecule has 5 aromatic rings. The van der Waals surface area contributed by atoms with Crippen LogP contribution in [0.5, 0.6) is 5.75 Å². The summed E-state index contributed by atoms with van der Waals surface area (Å²) in [5.41, 5.74) is 3.08. The number of thiazole rings is 1. The molecule has 232 valence electrons. The number of ether oxygens (including phenoxy) is 2. The van der Waals surface area contributed by atoms with Crippen LogP contribution in [0.2, 0.25) is 0 Å². The molecule has 0 fully saturated rings. The molecule has 1 atom stereocenters. The van der Waals surface area contributed by atoms with Crippen molar-refractivity contribution in [3.63, 3.8) is 0 Å². The van der Waals surface area contributed by atoms with E-state index in [9.17, 15) is 14.4 Å². The van der Waals surface area contributed by atoms with Crippen molar-refractivity contribution in [2.24, 2.45) is 4.99 Å². The predicted octanol–water partition coefficient (Wildman–Crippen LogP) is 5.71. The van der Waals surface area contributed by atoms with Gasteiger partial charge in [0.15, 0.2) is 4.80 Å². The van der Waals surface area contributed by atoms with Gasteiger partial charge in [-0.15, -0.1) is 0 Å². The maximum absolute atomic E-state index is 14.1. The van der Waals surface area contributed by atoms with Gasteiger partial charge in [-0.2, -0.15) is 0 Å². The number of anilines is 1. The average Bonchev–Trinajstić information content (AvgIpc) is 3.65. The number of aromatic nitrogens is 1. The number of hydrogen-bond donors (Lipinski definition) is 1. The summed E-state index contributed by atoms with van der Waals surface area (Å²) < 4.78 is 18.8. The van der Waals surface area contributed by atoms with Crippen LogP contribution in [0.25, 0.3) is 17.4 Å². The topological polar surface area (TPSA) is 112 Å². The molecule has 0 radical (unpaired) electrons. The first kappa shape index (κ1) is 30.5. The van der Waals surface area contributed by atoms with Crippen LogP contribution < -0.4 is 24.9 Å². The first-order chi connectivity index (χ1) is 22.4. The highest BCUT2D eigenvalue weighted by Gasteiger charge is 2.32. The lowest BCUT2D eigenvalue weighted by molar-refractivity contribution is -0.113. The number of furan rings is 1. The van der Waals surface area contributed by atoms with E-state index in [2.05, 4.69) is 5.32 Å². The summed E-state index contributed by atoms with van der Waals surface area (Å²) in [6, 6.07) is 26.4. The third-order valence-corrected chi connectivity index (χ3v) is 8.35. The molecule has 0 saturated carbocycles. The Bertz CT molecular complexity index is 2120. The van der Waals surface area contributed by atoms with E-state index >= 15 is 0 Å². The van der Waals surface area contributed by atoms with E-state index < -0.39 is 12.0 Å². The molecular formula is C36H31N3O6S. The molecule has 0 unspecified atom stereocenters. The van der Waals surface area contributed by atoms with E-state index in [-0.39, 0.29) is 18.1 Å². The maximum atomic E-state index is 14.1. The standard InChI is InChI=1S/C36H31N3O6S/c1-4-43-27-16-14-23(15-17-27)32-31(33(40)38-26-12-7-6-8-13-26)22(3)37-36-39(32)34(41)30(46-36)21-28-18-19-29(45-28)24-10-9-11-25(20-24)35(42)44-5-2/h6-21,32H,4-5H2,1-3H3,(H,38,40)/b30-21-/t32-/m1/s1. The molecule has 9 nitrogen and oxygen atoms in total. The van der Waals surface area contributed by atoms with Gasteiger partial charge in [-0.05, 0) is 74.9 Å². The number of nitrogens with one attached hydrogen (secondary N) is 1.